The minimum Gasteiger partial charge on any atom is -0.490 e. The summed E-state index contributed by atoms with van der Waals surface area (Å²) in [5.74, 6) is -0.371. The standard InChI is InChI=1S/C26H28ClF3N2O5/c27-20-5-4-6-22(15-20)35-18-25(16-23(33)31-11-2-1-3-12-31)17-32(13-14-36-25)24(34)19-7-9-21(10-8-19)37-26(28,29)30/h4-10,15H,1-3,11-14,16-18H2/t25-/m0/s1. The zero-order valence-electron chi connectivity index (χ0n) is 20.1. The van der Waals surface area contributed by atoms with E-state index in [1.54, 1.807) is 24.3 Å². The summed E-state index contributed by atoms with van der Waals surface area (Å²) in [6, 6.07) is 11.6. The average Bonchev–Trinajstić information content (AvgIpc) is 2.87. The molecular weight excluding hydrogens is 513 g/mol. The van der Waals surface area contributed by atoms with Crippen molar-refractivity contribution in [2.24, 2.45) is 0 Å². The fourth-order valence-electron chi connectivity index (χ4n) is 4.55. The number of carbonyl (C=O) groups is 2. The van der Waals surface area contributed by atoms with E-state index in [1.807, 2.05) is 4.90 Å². The molecule has 2 aliphatic heterocycles. The molecule has 4 rings (SSSR count). The van der Waals surface area contributed by atoms with E-state index in [0.717, 1.165) is 31.4 Å². The predicted molar refractivity (Wildman–Crippen MR) is 130 cm³/mol. The van der Waals surface area contributed by atoms with Gasteiger partial charge in [0.25, 0.3) is 5.91 Å². The van der Waals surface area contributed by atoms with E-state index < -0.39 is 17.7 Å². The summed E-state index contributed by atoms with van der Waals surface area (Å²) in [5.41, 5.74) is -0.909. The van der Waals surface area contributed by atoms with Crippen LogP contribution in [0, 0.1) is 0 Å². The second kappa shape index (κ2) is 11.6. The van der Waals surface area contributed by atoms with Gasteiger partial charge in [-0.3, -0.25) is 9.59 Å². The van der Waals surface area contributed by atoms with Crippen molar-refractivity contribution in [1.29, 1.82) is 0 Å². The maximum absolute atomic E-state index is 13.2. The lowest BCUT2D eigenvalue weighted by molar-refractivity contribution is -0.274. The van der Waals surface area contributed by atoms with Gasteiger partial charge in [-0.1, -0.05) is 17.7 Å². The van der Waals surface area contributed by atoms with E-state index in [9.17, 15) is 22.8 Å². The Morgan fingerprint density at radius 3 is 2.38 bits per heavy atom. The van der Waals surface area contributed by atoms with Crippen molar-refractivity contribution < 1.29 is 37.0 Å². The molecule has 2 aliphatic rings. The Balaban J connectivity index is 1.50. The van der Waals surface area contributed by atoms with Crippen LogP contribution in [0.5, 0.6) is 11.5 Å². The first-order valence-electron chi connectivity index (χ1n) is 12.1. The molecule has 37 heavy (non-hydrogen) atoms. The van der Waals surface area contributed by atoms with Gasteiger partial charge in [-0.2, -0.15) is 0 Å². The number of morpholine rings is 1. The number of rotatable bonds is 7. The Hall–Kier alpha value is -2.98. The molecule has 0 unspecified atom stereocenters. The highest BCUT2D eigenvalue weighted by atomic mass is 35.5. The summed E-state index contributed by atoms with van der Waals surface area (Å²) in [5, 5.41) is 0.496. The summed E-state index contributed by atoms with van der Waals surface area (Å²) in [4.78, 5) is 29.8. The van der Waals surface area contributed by atoms with Gasteiger partial charge in [0.2, 0.25) is 5.91 Å². The van der Waals surface area contributed by atoms with Crippen molar-refractivity contribution in [2.75, 3.05) is 39.4 Å². The second-order valence-corrected chi connectivity index (χ2v) is 9.63. The molecule has 0 aromatic heterocycles. The van der Waals surface area contributed by atoms with Crippen molar-refractivity contribution in [3.05, 3.63) is 59.1 Å². The number of hydrogen-bond donors (Lipinski definition) is 0. The van der Waals surface area contributed by atoms with Gasteiger partial charge in [-0.25, -0.2) is 0 Å². The first kappa shape index (κ1) is 27.1. The second-order valence-electron chi connectivity index (χ2n) is 9.19. The molecule has 2 aromatic carbocycles. The Kier molecular flexibility index (Phi) is 8.49. The van der Waals surface area contributed by atoms with Gasteiger partial charge in [0.1, 0.15) is 23.7 Å². The quantitative estimate of drug-likeness (QED) is 0.498. The van der Waals surface area contributed by atoms with Crippen LogP contribution in [0.3, 0.4) is 0 Å². The van der Waals surface area contributed by atoms with Gasteiger partial charge < -0.3 is 24.0 Å². The van der Waals surface area contributed by atoms with Gasteiger partial charge in [0, 0.05) is 30.2 Å². The van der Waals surface area contributed by atoms with E-state index in [2.05, 4.69) is 4.74 Å². The molecule has 0 spiro atoms. The number of alkyl halides is 3. The van der Waals surface area contributed by atoms with Gasteiger partial charge in [-0.15, -0.1) is 13.2 Å². The molecule has 0 radical (unpaired) electrons. The molecule has 0 aliphatic carbocycles. The normalized spacial score (nSPS) is 20.4. The number of nitrogens with zero attached hydrogens (tertiary/aromatic N) is 2. The fraction of sp³-hybridized carbons (Fsp3) is 0.462. The van der Waals surface area contributed by atoms with Crippen LogP contribution in [0.2, 0.25) is 5.02 Å². The van der Waals surface area contributed by atoms with E-state index in [4.69, 9.17) is 21.1 Å². The number of likely N-dealkylation sites (tertiary alicyclic amines) is 1. The summed E-state index contributed by atoms with van der Waals surface area (Å²) in [6.45, 7) is 1.88. The molecule has 2 aromatic rings. The summed E-state index contributed by atoms with van der Waals surface area (Å²) in [7, 11) is 0. The molecule has 2 heterocycles. The SMILES string of the molecule is O=C(C[C@@]1(COc2cccc(Cl)c2)CN(C(=O)c2ccc(OC(F)(F)F)cc2)CCO1)N1CCCCC1. The van der Waals surface area contributed by atoms with Crippen LogP contribution in [-0.4, -0.2) is 73.0 Å². The number of halogens is 4. The molecule has 2 saturated heterocycles. The molecule has 0 saturated carbocycles. The highest BCUT2D eigenvalue weighted by molar-refractivity contribution is 6.30. The largest absolute Gasteiger partial charge is 0.573 e. The number of amides is 2. The highest BCUT2D eigenvalue weighted by Crippen LogP contribution is 2.29. The third-order valence-electron chi connectivity index (χ3n) is 6.35. The number of piperidine rings is 1. The number of ether oxygens (including phenoxy) is 3. The lowest BCUT2D eigenvalue weighted by Gasteiger charge is -2.43. The molecule has 2 amide bonds. The van der Waals surface area contributed by atoms with Crippen molar-refractivity contribution >= 4 is 23.4 Å². The minimum absolute atomic E-state index is 0.00899. The monoisotopic (exact) mass is 540 g/mol. The molecule has 0 bridgehead atoms. The van der Waals surface area contributed by atoms with Crippen molar-refractivity contribution in [2.45, 2.75) is 37.6 Å². The highest BCUT2D eigenvalue weighted by Gasteiger charge is 2.42. The molecule has 200 valence electrons. The Labute approximate surface area is 218 Å². The van der Waals surface area contributed by atoms with E-state index in [1.165, 1.54) is 17.0 Å². The minimum atomic E-state index is -4.82. The topological polar surface area (TPSA) is 68.3 Å². The van der Waals surface area contributed by atoms with Gasteiger partial charge in [0.15, 0.2) is 0 Å². The van der Waals surface area contributed by atoms with Crippen LogP contribution >= 0.6 is 11.6 Å². The van der Waals surface area contributed by atoms with Crippen LogP contribution < -0.4 is 9.47 Å². The smallest absolute Gasteiger partial charge is 0.490 e. The first-order valence-corrected chi connectivity index (χ1v) is 12.5. The van der Waals surface area contributed by atoms with Crippen molar-refractivity contribution in [3.63, 3.8) is 0 Å². The third kappa shape index (κ3) is 7.52. The summed E-state index contributed by atoms with van der Waals surface area (Å²) in [6.07, 6.45) is -1.83. The number of hydrogen-bond acceptors (Lipinski definition) is 5. The van der Waals surface area contributed by atoms with E-state index in [-0.39, 0.29) is 50.1 Å². The lowest BCUT2D eigenvalue weighted by atomic mass is 9.95. The van der Waals surface area contributed by atoms with Gasteiger partial charge in [-0.05, 0) is 61.7 Å². The maximum Gasteiger partial charge on any atom is 0.573 e. The summed E-state index contributed by atoms with van der Waals surface area (Å²) >= 11 is 6.07. The van der Waals surface area contributed by atoms with Crippen LogP contribution in [0.25, 0.3) is 0 Å². The molecule has 1 atom stereocenters. The molecule has 2 fully saturated rings. The zero-order chi connectivity index (χ0) is 26.5. The maximum atomic E-state index is 13.2. The Morgan fingerprint density at radius 2 is 1.70 bits per heavy atom. The molecule has 0 N–H and O–H groups in total. The molecular formula is C26H28ClF3N2O5. The van der Waals surface area contributed by atoms with E-state index in [0.29, 0.717) is 23.9 Å². The van der Waals surface area contributed by atoms with Crippen LogP contribution in [-0.2, 0) is 9.53 Å². The van der Waals surface area contributed by atoms with Crippen LogP contribution in [0.15, 0.2) is 48.5 Å². The van der Waals surface area contributed by atoms with Gasteiger partial charge in [0.05, 0.1) is 19.6 Å². The Morgan fingerprint density at radius 1 is 0.973 bits per heavy atom. The third-order valence-corrected chi connectivity index (χ3v) is 6.59. The predicted octanol–water partition coefficient (Wildman–Crippen LogP) is 4.93. The average molecular weight is 541 g/mol. The first-order chi connectivity index (χ1) is 17.6. The fourth-order valence-corrected chi connectivity index (χ4v) is 4.73. The molecule has 11 heteroatoms. The van der Waals surface area contributed by atoms with Crippen molar-refractivity contribution in [3.8, 4) is 11.5 Å². The zero-order valence-corrected chi connectivity index (χ0v) is 20.9. The van der Waals surface area contributed by atoms with Gasteiger partial charge >= 0.3 is 6.36 Å². The number of benzene rings is 2. The molecule has 7 nitrogen and oxygen atoms in total. The van der Waals surface area contributed by atoms with Crippen LogP contribution in [0.4, 0.5) is 13.2 Å². The number of carbonyl (C=O) groups excluding carboxylic acids is 2. The summed E-state index contributed by atoms with van der Waals surface area (Å²) < 4.78 is 53.4. The lowest BCUT2D eigenvalue weighted by Crippen LogP contribution is -2.58. The Bertz CT molecular complexity index is 1090. The van der Waals surface area contributed by atoms with E-state index >= 15 is 0 Å². The van der Waals surface area contributed by atoms with Crippen LogP contribution in [0.1, 0.15) is 36.0 Å². The van der Waals surface area contributed by atoms with Crippen molar-refractivity contribution in [1.82, 2.24) is 9.80 Å².